The van der Waals surface area contributed by atoms with Gasteiger partial charge in [-0.25, -0.2) is 0 Å². The molecule has 1 aliphatic rings. The van der Waals surface area contributed by atoms with Crippen molar-refractivity contribution in [3.63, 3.8) is 0 Å². The molecule has 2 atom stereocenters. The highest BCUT2D eigenvalue weighted by Crippen LogP contribution is 2.38. The summed E-state index contributed by atoms with van der Waals surface area (Å²) >= 11 is 0. The van der Waals surface area contributed by atoms with Gasteiger partial charge < -0.3 is 10.5 Å². The Labute approximate surface area is 97.8 Å². The summed E-state index contributed by atoms with van der Waals surface area (Å²) in [5.74, 6) is 2.24. The van der Waals surface area contributed by atoms with Crippen LogP contribution in [0.5, 0.6) is 5.75 Å². The zero-order chi connectivity index (χ0) is 11.4. The number of benzene rings is 1. The SMILES string of the molecule is COc1cccc(C2CCCCC2CN)c1. The third-order valence-electron chi connectivity index (χ3n) is 3.73. The van der Waals surface area contributed by atoms with E-state index in [1.165, 1.54) is 31.2 Å². The molecule has 2 rings (SSSR count). The molecule has 2 nitrogen and oxygen atoms in total. The first-order chi connectivity index (χ1) is 7.85. The second kappa shape index (κ2) is 5.35. The minimum absolute atomic E-state index is 0.633. The fourth-order valence-corrected chi connectivity index (χ4v) is 2.80. The Kier molecular flexibility index (Phi) is 3.83. The lowest BCUT2D eigenvalue weighted by molar-refractivity contribution is 0.313. The highest BCUT2D eigenvalue weighted by Gasteiger charge is 2.25. The summed E-state index contributed by atoms with van der Waals surface area (Å²) in [6.45, 7) is 0.807. The molecule has 0 bridgehead atoms. The Morgan fingerprint density at radius 1 is 1.31 bits per heavy atom. The lowest BCUT2D eigenvalue weighted by Gasteiger charge is -2.31. The van der Waals surface area contributed by atoms with E-state index in [4.69, 9.17) is 10.5 Å². The van der Waals surface area contributed by atoms with E-state index in [1.807, 2.05) is 6.07 Å². The lowest BCUT2D eigenvalue weighted by atomic mass is 9.75. The van der Waals surface area contributed by atoms with Crippen LogP contribution < -0.4 is 10.5 Å². The van der Waals surface area contributed by atoms with Gasteiger partial charge in [0.25, 0.3) is 0 Å². The molecule has 16 heavy (non-hydrogen) atoms. The van der Waals surface area contributed by atoms with Crippen LogP contribution >= 0.6 is 0 Å². The summed E-state index contributed by atoms with van der Waals surface area (Å²) in [5.41, 5.74) is 7.27. The normalized spacial score (nSPS) is 25.4. The van der Waals surface area contributed by atoms with Crippen LogP contribution in [0.15, 0.2) is 24.3 Å². The standard InChI is InChI=1S/C14H21NO/c1-16-13-7-4-6-11(9-13)14-8-3-2-5-12(14)10-15/h4,6-7,9,12,14H,2-3,5,8,10,15H2,1H3. The minimum atomic E-state index is 0.633. The third-order valence-corrected chi connectivity index (χ3v) is 3.73. The summed E-state index contributed by atoms with van der Waals surface area (Å²) < 4.78 is 5.28. The van der Waals surface area contributed by atoms with Crippen molar-refractivity contribution in [3.8, 4) is 5.75 Å². The molecule has 0 spiro atoms. The van der Waals surface area contributed by atoms with Crippen LogP contribution in [0.2, 0.25) is 0 Å². The van der Waals surface area contributed by atoms with Gasteiger partial charge in [0.15, 0.2) is 0 Å². The summed E-state index contributed by atoms with van der Waals surface area (Å²) in [6, 6.07) is 8.46. The van der Waals surface area contributed by atoms with Gasteiger partial charge in [0.2, 0.25) is 0 Å². The van der Waals surface area contributed by atoms with Crippen LogP contribution in [-0.4, -0.2) is 13.7 Å². The third kappa shape index (κ3) is 2.38. The van der Waals surface area contributed by atoms with Crippen LogP contribution in [-0.2, 0) is 0 Å². The molecule has 1 saturated carbocycles. The van der Waals surface area contributed by atoms with E-state index in [9.17, 15) is 0 Å². The summed E-state index contributed by atoms with van der Waals surface area (Å²) in [4.78, 5) is 0. The average molecular weight is 219 g/mol. The first kappa shape index (κ1) is 11.5. The number of methoxy groups -OCH3 is 1. The predicted molar refractivity (Wildman–Crippen MR) is 66.7 cm³/mol. The molecular formula is C14H21NO. The highest BCUT2D eigenvalue weighted by molar-refractivity contribution is 5.31. The van der Waals surface area contributed by atoms with Gasteiger partial charge in [0.05, 0.1) is 7.11 Å². The quantitative estimate of drug-likeness (QED) is 0.848. The number of nitrogens with two attached hydrogens (primary N) is 1. The van der Waals surface area contributed by atoms with Crippen molar-refractivity contribution in [1.29, 1.82) is 0 Å². The van der Waals surface area contributed by atoms with Crippen molar-refractivity contribution in [1.82, 2.24) is 0 Å². The van der Waals surface area contributed by atoms with Crippen molar-refractivity contribution in [3.05, 3.63) is 29.8 Å². The molecular weight excluding hydrogens is 198 g/mol. The Morgan fingerprint density at radius 3 is 2.88 bits per heavy atom. The summed E-state index contributed by atoms with van der Waals surface area (Å²) in [5, 5.41) is 0. The van der Waals surface area contributed by atoms with Crippen molar-refractivity contribution >= 4 is 0 Å². The number of hydrogen-bond donors (Lipinski definition) is 1. The molecule has 1 aliphatic carbocycles. The topological polar surface area (TPSA) is 35.2 Å². The van der Waals surface area contributed by atoms with E-state index in [-0.39, 0.29) is 0 Å². The summed E-state index contributed by atoms with van der Waals surface area (Å²) in [6.07, 6.45) is 5.22. The molecule has 2 N–H and O–H groups in total. The second-order valence-corrected chi connectivity index (χ2v) is 4.66. The first-order valence-electron chi connectivity index (χ1n) is 6.19. The largest absolute Gasteiger partial charge is 0.497 e. The van der Waals surface area contributed by atoms with Crippen molar-refractivity contribution < 1.29 is 4.74 Å². The molecule has 0 heterocycles. The van der Waals surface area contributed by atoms with Crippen molar-refractivity contribution in [2.45, 2.75) is 31.6 Å². The van der Waals surface area contributed by atoms with Crippen LogP contribution in [0.1, 0.15) is 37.2 Å². The van der Waals surface area contributed by atoms with E-state index in [0.29, 0.717) is 11.8 Å². The maximum atomic E-state index is 5.87. The van der Waals surface area contributed by atoms with Crippen LogP contribution in [0.25, 0.3) is 0 Å². The van der Waals surface area contributed by atoms with Gasteiger partial charge in [-0.3, -0.25) is 0 Å². The predicted octanol–water partition coefficient (Wildman–Crippen LogP) is 2.93. The minimum Gasteiger partial charge on any atom is -0.497 e. The fourth-order valence-electron chi connectivity index (χ4n) is 2.80. The zero-order valence-corrected chi connectivity index (χ0v) is 9.99. The summed E-state index contributed by atoms with van der Waals surface area (Å²) in [7, 11) is 1.72. The molecule has 2 heteroatoms. The van der Waals surface area contributed by atoms with Crippen molar-refractivity contribution in [2.75, 3.05) is 13.7 Å². The Hall–Kier alpha value is -1.02. The Bertz CT molecular complexity index is 337. The van der Waals surface area contributed by atoms with Gasteiger partial charge in [0, 0.05) is 0 Å². The maximum Gasteiger partial charge on any atom is 0.119 e. The average Bonchev–Trinajstić information content (AvgIpc) is 2.38. The Morgan fingerprint density at radius 2 is 2.12 bits per heavy atom. The maximum absolute atomic E-state index is 5.87. The van der Waals surface area contributed by atoms with Crippen LogP contribution in [0, 0.1) is 5.92 Å². The first-order valence-corrected chi connectivity index (χ1v) is 6.19. The number of ether oxygens (including phenoxy) is 1. The van der Waals surface area contributed by atoms with Gasteiger partial charge in [-0.05, 0) is 48.9 Å². The number of rotatable bonds is 3. The van der Waals surface area contributed by atoms with Gasteiger partial charge in [-0.2, -0.15) is 0 Å². The molecule has 0 aliphatic heterocycles. The molecule has 2 unspecified atom stereocenters. The van der Waals surface area contributed by atoms with E-state index >= 15 is 0 Å². The van der Waals surface area contributed by atoms with E-state index in [2.05, 4.69) is 18.2 Å². The molecule has 1 fully saturated rings. The number of hydrogen-bond acceptors (Lipinski definition) is 2. The molecule has 0 aromatic heterocycles. The van der Waals surface area contributed by atoms with Crippen LogP contribution in [0.3, 0.4) is 0 Å². The Balaban J connectivity index is 2.20. The van der Waals surface area contributed by atoms with Gasteiger partial charge in [-0.1, -0.05) is 25.0 Å². The molecule has 1 aromatic rings. The smallest absolute Gasteiger partial charge is 0.119 e. The van der Waals surface area contributed by atoms with E-state index < -0.39 is 0 Å². The lowest BCUT2D eigenvalue weighted by Crippen LogP contribution is -2.25. The monoisotopic (exact) mass is 219 g/mol. The molecule has 1 aromatic carbocycles. The fraction of sp³-hybridized carbons (Fsp3) is 0.571. The van der Waals surface area contributed by atoms with E-state index in [1.54, 1.807) is 7.11 Å². The van der Waals surface area contributed by atoms with E-state index in [0.717, 1.165) is 12.3 Å². The van der Waals surface area contributed by atoms with Crippen molar-refractivity contribution in [2.24, 2.45) is 11.7 Å². The van der Waals surface area contributed by atoms with Crippen LogP contribution in [0.4, 0.5) is 0 Å². The molecule has 88 valence electrons. The molecule has 0 amide bonds. The van der Waals surface area contributed by atoms with Gasteiger partial charge >= 0.3 is 0 Å². The highest BCUT2D eigenvalue weighted by atomic mass is 16.5. The molecule has 0 saturated heterocycles. The van der Waals surface area contributed by atoms with Gasteiger partial charge in [0.1, 0.15) is 5.75 Å². The molecule has 0 radical (unpaired) electrons. The zero-order valence-electron chi connectivity index (χ0n) is 9.99. The second-order valence-electron chi connectivity index (χ2n) is 4.66. The van der Waals surface area contributed by atoms with Gasteiger partial charge in [-0.15, -0.1) is 0 Å².